The molecule has 0 aliphatic heterocycles. The molecule has 0 saturated heterocycles. The summed E-state index contributed by atoms with van der Waals surface area (Å²) < 4.78 is 28.2. The third kappa shape index (κ3) is 4.27. The van der Waals surface area contributed by atoms with Gasteiger partial charge in [-0.25, -0.2) is 8.78 Å². The topological polar surface area (TPSA) is 0 Å². The fourth-order valence-electron chi connectivity index (χ4n) is 6.70. The van der Waals surface area contributed by atoms with E-state index in [0.29, 0.717) is 17.9 Å². The first kappa shape index (κ1) is 20.6. The monoisotopic (exact) mass is 408 g/mol. The Morgan fingerprint density at radius 2 is 1.43 bits per heavy atom. The summed E-state index contributed by atoms with van der Waals surface area (Å²) >= 11 is 5.77. The van der Waals surface area contributed by atoms with Crippen molar-refractivity contribution in [1.82, 2.24) is 0 Å². The lowest BCUT2D eigenvalue weighted by atomic mass is 9.65. The Kier molecular flexibility index (Phi) is 6.65. The van der Waals surface area contributed by atoms with E-state index < -0.39 is 11.6 Å². The van der Waals surface area contributed by atoms with Crippen molar-refractivity contribution in [2.75, 3.05) is 0 Å². The quantitative estimate of drug-likeness (QED) is 0.441. The number of halogens is 3. The predicted octanol–water partition coefficient (Wildman–Crippen LogP) is 8.14. The largest absolute Gasteiger partial charge is 0.205 e. The van der Waals surface area contributed by atoms with Crippen LogP contribution in [0.2, 0.25) is 5.02 Å². The highest BCUT2D eigenvalue weighted by atomic mass is 35.5. The molecule has 0 bridgehead atoms. The second-order valence-electron chi connectivity index (χ2n) is 9.87. The van der Waals surface area contributed by atoms with Crippen molar-refractivity contribution in [3.63, 3.8) is 0 Å². The fraction of sp³-hybridized carbons (Fsp3) is 0.760. The first-order valence-electron chi connectivity index (χ1n) is 11.7. The standard InChI is InChI=1S/C25H35ClF2/c1-2-3-16-4-6-17(7-5-16)18-8-10-19(11-9-18)20-12-13-22-21(14-20)15-23(27)24(26)25(22)28/h15-20H,2-14H2,1H3. The fourth-order valence-corrected chi connectivity index (χ4v) is 6.86. The van der Waals surface area contributed by atoms with Gasteiger partial charge in [0.25, 0.3) is 0 Å². The molecule has 0 N–H and O–H groups in total. The van der Waals surface area contributed by atoms with Gasteiger partial charge in [0.2, 0.25) is 0 Å². The number of rotatable bonds is 4. The maximum atomic E-state index is 14.3. The van der Waals surface area contributed by atoms with Crippen LogP contribution in [0.25, 0.3) is 0 Å². The molecule has 0 spiro atoms. The van der Waals surface area contributed by atoms with Crippen LogP contribution in [0.1, 0.15) is 88.7 Å². The highest BCUT2D eigenvalue weighted by Gasteiger charge is 2.35. The number of fused-ring (bicyclic) bond motifs is 1. The normalized spacial score (nSPS) is 33.5. The second kappa shape index (κ2) is 9.02. The minimum Gasteiger partial charge on any atom is -0.205 e. The van der Waals surface area contributed by atoms with Crippen molar-refractivity contribution in [2.24, 2.45) is 29.6 Å². The van der Waals surface area contributed by atoms with Crippen LogP contribution in [-0.2, 0) is 12.8 Å². The molecule has 156 valence electrons. The summed E-state index contributed by atoms with van der Waals surface area (Å²) in [7, 11) is 0. The van der Waals surface area contributed by atoms with Crippen LogP contribution in [0.5, 0.6) is 0 Å². The van der Waals surface area contributed by atoms with Crippen LogP contribution >= 0.6 is 11.6 Å². The minimum atomic E-state index is -0.596. The summed E-state index contributed by atoms with van der Waals surface area (Å²) in [5.74, 6) is 3.11. The third-order valence-corrected chi connectivity index (χ3v) is 8.69. The molecule has 28 heavy (non-hydrogen) atoms. The molecule has 3 aliphatic carbocycles. The summed E-state index contributed by atoms with van der Waals surface area (Å²) in [6.45, 7) is 2.31. The zero-order valence-electron chi connectivity index (χ0n) is 17.3. The molecule has 3 heteroatoms. The van der Waals surface area contributed by atoms with Gasteiger partial charge in [-0.3, -0.25) is 0 Å². The Hall–Kier alpha value is -0.630. The van der Waals surface area contributed by atoms with E-state index in [2.05, 4.69) is 6.92 Å². The lowest BCUT2D eigenvalue weighted by molar-refractivity contribution is 0.119. The van der Waals surface area contributed by atoms with Crippen LogP contribution in [-0.4, -0.2) is 0 Å². The molecule has 0 amide bonds. The van der Waals surface area contributed by atoms with Gasteiger partial charge in [0.1, 0.15) is 16.7 Å². The van der Waals surface area contributed by atoms with Gasteiger partial charge in [-0.05, 0) is 105 Å². The number of hydrogen-bond donors (Lipinski definition) is 0. The van der Waals surface area contributed by atoms with Crippen LogP contribution in [0.4, 0.5) is 8.78 Å². The molecule has 1 atom stereocenters. The van der Waals surface area contributed by atoms with Crippen molar-refractivity contribution in [1.29, 1.82) is 0 Å². The number of hydrogen-bond acceptors (Lipinski definition) is 0. The maximum absolute atomic E-state index is 14.3. The van der Waals surface area contributed by atoms with Crippen LogP contribution < -0.4 is 0 Å². The second-order valence-corrected chi connectivity index (χ2v) is 10.2. The van der Waals surface area contributed by atoms with Gasteiger partial charge in [0.05, 0.1) is 0 Å². The first-order chi connectivity index (χ1) is 13.6. The maximum Gasteiger partial charge on any atom is 0.148 e. The van der Waals surface area contributed by atoms with E-state index in [4.69, 9.17) is 11.6 Å². The molecule has 0 nitrogen and oxygen atoms in total. The van der Waals surface area contributed by atoms with Crippen molar-refractivity contribution < 1.29 is 8.78 Å². The third-order valence-electron chi connectivity index (χ3n) is 8.34. The molecule has 3 aliphatic rings. The van der Waals surface area contributed by atoms with Crippen LogP contribution in [0.3, 0.4) is 0 Å². The smallest absolute Gasteiger partial charge is 0.148 e. The molecular weight excluding hydrogens is 374 g/mol. The molecule has 1 aromatic rings. The van der Waals surface area contributed by atoms with E-state index in [-0.39, 0.29) is 5.02 Å². The summed E-state index contributed by atoms with van der Waals surface area (Å²) in [4.78, 5) is 0. The van der Waals surface area contributed by atoms with Gasteiger partial charge in [-0.15, -0.1) is 0 Å². The Balaban J connectivity index is 1.30. The zero-order valence-corrected chi connectivity index (χ0v) is 18.0. The summed E-state index contributed by atoms with van der Waals surface area (Å²) in [5.41, 5.74) is 1.53. The molecule has 0 radical (unpaired) electrons. The SMILES string of the molecule is CCCC1CCC(C2CCC(C3CCc4c(cc(F)c(Cl)c4F)C3)CC2)CC1. The van der Waals surface area contributed by atoms with Gasteiger partial charge in [-0.1, -0.05) is 44.2 Å². The van der Waals surface area contributed by atoms with E-state index in [9.17, 15) is 8.78 Å². The van der Waals surface area contributed by atoms with Crippen molar-refractivity contribution in [3.05, 3.63) is 33.9 Å². The van der Waals surface area contributed by atoms with Crippen molar-refractivity contribution in [2.45, 2.75) is 90.4 Å². The van der Waals surface area contributed by atoms with E-state index in [1.807, 2.05) is 0 Å². The molecule has 2 fully saturated rings. The predicted molar refractivity (Wildman–Crippen MR) is 113 cm³/mol. The van der Waals surface area contributed by atoms with Crippen molar-refractivity contribution >= 4 is 11.6 Å². The van der Waals surface area contributed by atoms with E-state index >= 15 is 0 Å². The first-order valence-corrected chi connectivity index (χ1v) is 12.1. The number of benzene rings is 1. The molecule has 2 saturated carbocycles. The molecule has 0 aromatic heterocycles. The summed E-state index contributed by atoms with van der Waals surface area (Å²) in [6.07, 6.45) is 16.5. The van der Waals surface area contributed by atoms with E-state index in [1.54, 1.807) is 0 Å². The Bertz CT molecular complexity index is 670. The summed E-state index contributed by atoms with van der Waals surface area (Å²) in [6, 6.07) is 1.49. The molecule has 0 heterocycles. The Labute approximate surface area is 174 Å². The van der Waals surface area contributed by atoms with Crippen LogP contribution in [0, 0.1) is 41.2 Å². The lowest BCUT2D eigenvalue weighted by Gasteiger charge is -2.41. The Morgan fingerprint density at radius 3 is 2.04 bits per heavy atom. The zero-order chi connectivity index (χ0) is 19.7. The van der Waals surface area contributed by atoms with Crippen molar-refractivity contribution in [3.8, 4) is 0 Å². The minimum absolute atomic E-state index is 0.327. The molecular formula is C25H35ClF2. The van der Waals surface area contributed by atoms with Gasteiger partial charge < -0.3 is 0 Å². The summed E-state index contributed by atoms with van der Waals surface area (Å²) in [5, 5.41) is -0.327. The average Bonchev–Trinajstić information content (AvgIpc) is 2.73. The van der Waals surface area contributed by atoms with Gasteiger partial charge in [0.15, 0.2) is 0 Å². The van der Waals surface area contributed by atoms with E-state index in [1.165, 1.54) is 70.3 Å². The molecule has 1 unspecified atom stereocenters. The Morgan fingerprint density at radius 1 is 0.857 bits per heavy atom. The molecule has 1 aromatic carbocycles. The van der Waals surface area contributed by atoms with Gasteiger partial charge in [-0.2, -0.15) is 0 Å². The average molecular weight is 409 g/mol. The van der Waals surface area contributed by atoms with Gasteiger partial charge >= 0.3 is 0 Å². The lowest BCUT2D eigenvalue weighted by Crippen LogP contribution is -2.30. The highest BCUT2D eigenvalue weighted by molar-refractivity contribution is 6.31. The highest BCUT2D eigenvalue weighted by Crippen LogP contribution is 2.46. The van der Waals surface area contributed by atoms with E-state index in [0.717, 1.165) is 42.1 Å². The van der Waals surface area contributed by atoms with Gasteiger partial charge in [0, 0.05) is 0 Å². The molecule has 4 rings (SSSR count). The van der Waals surface area contributed by atoms with Crippen LogP contribution in [0.15, 0.2) is 6.07 Å².